The predicted molar refractivity (Wildman–Crippen MR) is 60.3 cm³/mol. The average Bonchev–Trinajstić information content (AvgIpc) is 2.39. The van der Waals surface area contributed by atoms with Crippen molar-refractivity contribution >= 4 is 7.60 Å². The molecule has 1 aliphatic rings. The van der Waals surface area contributed by atoms with Crippen LogP contribution in [0.25, 0.3) is 0 Å². The Hall–Kier alpha value is -0.0500. The first kappa shape index (κ1) is 16.0. The van der Waals surface area contributed by atoms with Crippen LogP contribution in [0.15, 0.2) is 0 Å². The molecule has 0 aromatic heterocycles. The van der Waals surface area contributed by atoms with Gasteiger partial charge in [0, 0.05) is 14.2 Å². The summed E-state index contributed by atoms with van der Waals surface area (Å²) < 4.78 is 26.5. The average molecular weight is 286 g/mol. The van der Waals surface area contributed by atoms with Crippen LogP contribution in [0.1, 0.15) is 0 Å². The van der Waals surface area contributed by atoms with Crippen LogP contribution in [0.3, 0.4) is 0 Å². The van der Waals surface area contributed by atoms with Crippen molar-refractivity contribution < 1.29 is 38.8 Å². The summed E-state index contributed by atoms with van der Waals surface area (Å²) in [6, 6.07) is 0. The molecule has 0 bridgehead atoms. The van der Waals surface area contributed by atoms with Gasteiger partial charge in [0.05, 0.1) is 18.9 Å². The third-order valence-electron chi connectivity index (χ3n) is 2.95. The highest BCUT2D eigenvalue weighted by molar-refractivity contribution is 7.53. The van der Waals surface area contributed by atoms with Crippen LogP contribution < -0.4 is 0 Å². The molecule has 1 rings (SSSR count). The van der Waals surface area contributed by atoms with Gasteiger partial charge in [-0.3, -0.25) is 4.57 Å². The molecule has 0 saturated carbocycles. The van der Waals surface area contributed by atoms with Crippen LogP contribution in [0.5, 0.6) is 0 Å². The molecule has 0 spiro atoms. The van der Waals surface area contributed by atoms with E-state index >= 15 is 0 Å². The second-order valence-electron chi connectivity index (χ2n) is 4.03. The number of aliphatic hydroxyl groups is 4. The number of hydrogen-bond donors (Lipinski definition) is 4. The highest BCUT2D eigenvalue weighted by Gasteiger charge is 2.46. The van der Waals surface area contributed by atoms with Gasteiger partial charge in [-0.1, -0.05) is 0 Å². The topological polar surface area (TPSA) is 126 Å². The van der Waals surface area contributed by atoms with E-state index in [1.165, 1.54) is 14.2 Å². The van der Waals surface area contributed by atoms with E-state index in [1.54, 1.807) is 0 Å². The maximum atomic E-state index is 11.9. The Bertz CT molecular complexity index is 301. The number of ether oxygens (including phenoxy) is 1. The first-order valence-corrected chi connectivity index (χ1v) is 7.12. The summed E-state index contributed by atoms with van der Waals surface area (Å²) in [6.45, 7) is -0.536. The van der Waals surface area contributed by atoms with Crippen molar-refractivity contribution in [1.82, 2.24) is 0 Å². The van der Waals surface area contributed by atoms with Gasteiger partial charge < -0.3 is 34.2 Å². The first-order valence-electron chi connectivity index (χ1n) is 5.39. The van der Waals surface area contributed by atoms with E-state index in [0.717, 1.165) is 0 Å². The molecule has 1 heterocycles. The van der Waals surface area contributed by atoms with E-state index in [0.29, 0.717) is 0 Å². The fourth-order valence-corrected chi connectivity index (χ4v) is 2.96. The molecule has 4 N–H and O–H groups in total. The fourth-order valence-electron chi connectivity index (χ4n) is 1.77. The van der Waals surface area contributed by atoms with Crippen molar-refractivity contribution in [2.24, 2.45) is 0 Å². The van der Waals surface area contributed by atoms with Crippen molar-refractivity contribution in [3.05, 3.63) is 0 Å². The zero-order valence-electron chi connectivity index (χ0n) is 10.2. The lowest BCUT2D eigenvalue weighted by Crippen LogP contribution is -2.59. The minimum Gasteiger partial charge on any atom is -0.394 e. The third-order valence-corrected chi connectivity index (χ3v) is 4.87. The smallest absolute Gasteiger partial charge is 0.332 e. The molecule has 1 saturated heterocycles. The fraction of sp³-hybridized carbons (Fsp3) is 1.00. The molecule has 18 heavy (non-hydrogen) atoms. The molecular formula is C9H19O8P. The minimum absolute atomic E-state index is 0.290. The van der Waals surface area contributed by atoms with E-state index in [2.05, 4.69) is 0 Å². The van der Waals surface area contributed by atoms with Gasteiger partial charge in [-0.25, -0.2) is 0 Å². The lowest BCUT2D eigenvalue weighted by molar-refractivity contribution is -0.223. The maximum absolute atomic E-state index is 11.9. The van der Waals surface area contributed by atoms with Crippen LogP contribution in [0.4, 0.5) is 0 Å². The van der Waals surface area contributed by atoms with E-state index in [-0.39, 0.29) is 6.16 Å². The SMILES string of the molecule is COP(=O)(C[C@@H]1O[C@H](CO)[C@@H](O)[C@H](O)[C@H]1O)OC. The van der Waals surface area contributed by atoms with E-state index in [1.807, 2.05) is 0 Å². The molecule has 0 radical (unpaired) electrons. The first-order chi connectivity index (χ1) is 8.38. The van der Waals surface area contributed by atoms with E-state index in [4.69, 9.17) is 18.9 Å². The zero-order valence-corrected chi connectivity index (χ0v) is 11.1. The predicted octanol–water partition coefficient (Wildman–Crippen LogP) is -1.69. The Kier molecular flexibility index (Phi) is 5.69. The highest BCUT2D eigenvalue weighted by Crippen LogP contribution is 2.48. The summed E-state index contributed by atoms with van der Waals surface area (Å²) in [4.78, 5) is 0. The minimum atomic E-state index is -3.43. The van der Waals surface area contributed by atoms with Crippen molar-refractivity contribution in [3.8, 4) is 0 Å². The molecule has 0 unspecified atom stereocenters. The van der Waals surface area contributed by atoms with E-state index < -0.39 is 44.7 Å². The Balaban J connectivity index is 2.79. The quantitative estimate of drug-likeness (QED) is 0.441. The summed E-state index contributed by atoms with van der Waals surface area (Å²) in [5.74, 6) is 0. The van der Waals surface area contributed by atoms with E-state index in [9.17, 15) is 19.9 Å². The van der Waals surface area contributed by atoms with Gasteiger partial charge in [-0.05, 0) is 0 Å². The van der Waals surface area contributed by atoms with Crippen molar-refractivity contribution in [1.29, 1.82) is 0 Å². The van der Waals surface area contributed by atoms with Gasteiger partial charge in [0.1, 0.15) is 24.4 Å². The van der Waals surface area contributed by atoms with Gasteiger partial charge in [0.2, 0.25) is 0 Å². The second-order valence-corrected chi connectivity index (χ2v) is 6.34. The Morgan fingerprint density at radius 3 is 2.00 bits per heavy atom. The molecule has 0 aliphatic carbocycles. The second kappa shape index (κ2) is 6.40. The van der Waals surface area contributed by atoms with Crippen molar-refractivity contribution in [2.75, 3.05) is 27.0 Å². The molecule has 9 heteroatoms. The molecule has 1 aliphatic heterocycles. The van der Waals surface area contributed by atoms with Crippen LogP contribution in [0, 0.1) is 0 Å². The summed E-state index contributed by atoms with van der Waals surface area (Å²) in [5.41, 5.74) is 0. The standard InChI is InChI=1S/C9H19O8P/c1-15-18(14,16-2)4-6-8(12)9(13)7(11)5(3-10)17-6/h5-13H,3-4H2,1-2H3/t5-,6+,7-,8+,9+/m1/s1. The van der Waals surface area contributed by atoms with Gasteiger partial charge in [-0.2, -0.15) is 0 Å². The van der Waals surface area contributed by atoms with Crippen molar-refractivity contribution in [2.45, 2.75) is 30.5 Å². The molecule has 108 valence electrons. The molecule has 0 aromatic rings. The van der Waals surface area contributed by atoms with Gasteiger partial charge in [0.15, 0.2) is 0 Å². The van der Waals surface area contributed by atoms with Crippen LogP contribution in [-0.2, 0) is 18.3 Å². The number of aliphatic hydroxyl groups excluding tert-OH is 4. The number of hydrogen-bond acceptors (Lipinski definition) is 8. The number of rotatable bonds is 5. The highest BCUT2D eigenvalue weighted by atomic mass is 31.2. The Morgan fingerprint density at radius 1 is 1.06 bits per heavy atom. The summed E-state index contributed by atoms with van der Waals surface area (Å²) in [7, 11) is -1.05. The molecule has 5 atom stereocenters. The monoisotopic (exact) mass is 286 g/mol. The zero-order chi connectivity index (χ0) is 13.9. The molecular weight excluding hydrogens is 267 g/mol. The molecule has 0 aromatic carbocycles. The molecule has 1 fully saturated rings. The van der Waals surface area contributed by atoms with Gasteiger partial charge in [-0.15, -0.1) is 0 Å². The lowest BCUT2D eigenvalue weighted by Gasteiger charge is -2.40. The summed E-state index contributed by atoms with van der Waals surface area (Å²) >= 11 is 0. The van der Waals surface area contributed by atoms with Crippen LogP contribution in [-0.4, -0.2) is 77.9 Å². The molecule has 8 nitrogen and oxygen atoms in total. The maximum Gasteiger partial charge on any atom is 0.332 e. The van der Waals surface area contributed by atoms with Gasteiger partial charge >= 0.3 is 7.60 Å². The summed E-state index contributed by atoms with van der Waals surface area (Å²) in [5, 5.41) is 37.8. The van der Waals surface area contributed by atoms with Crippen LogP contribution >= 0.6 is 7.60 Å². The molecule has 0 amide bonds. The largest absolute Gasteiger partial charge is 0.394 e. The van der Waals surface area contributed by atoms with Gasteiger partial charge in [0.25, 0.3) is 0 Å². The third kappa shape index (κ3) is 3.28. The lowest BCUT2D eigenvalue weighted by atomic mass is 9.96. The Labute approximate surface area is 105 Å². The van der Waals surface area contributed by atoms with Crippen molar-refractivity contribution in [3.63, 3.8) is 0 Å². The van der Waals surface area contributed by atoms with Crippen LogP contribution in [0.2, 0.25) is 0 Å². The Morgan fingerprint density at radius 2 is 1.56 bits per heavy atom. The summed E-state index contributed by atoms with van der Waals surface area (Å²) in [6.07, 6.45) is -6.77. The normalized spacial score (nSPS) is 37.8.